The van der Waals surface area contributed by atoms with E-state index in [-0.39, 0.29) is 30.2 Å². The van der Waals surface area contributed by atoms with Crippen LogP contribution in [0.15, 0.2) is 12.4 Å². The Bertz CT molecular complexity index is 1170. The Kier molecular flexibility index (Phi) is 5.43. The first-order chi connectivity index (χ1) is 17.2. The largest absolute Gasteiger partial charge is 0.444 e. The summed E-state index contributed by atoms with van der Waals surface area (Å²) in [7, 11) is 0. The number of amides is 1. The third kappa shape index (κ3) is 3.89. The molecule has 1 aliphatic carbocycles. The number of carbonyl (C=O) groups is 1. The molecule has 2 aromatic heterocycles. The minimum Gasteiger partial charge on any atom is -0.444 e. The SMILES string of the molecule is C[C@H]1COCCN1c1nc(-c2cnc(N)nc2)c2c(n1)N([C@H]1[C@H]3C[C@@H]1N(C(=O)OC(C)(C)C)C3)CC2. The summed E-state index contributed by atoms with van der Waals surface area (Å²) in [5.74, 6) is 2.30. The lowest BCUT2D eigenvalue weighted by molar-refractivity contribution is 0.0232. The number of nitrogens with two attached hydrogens (primary N) is 1. The highest BCUT2D eigenvalue weighted by molar-refractivity contribution is 5.74. The van der Waals surface area contributed by atoms with E-state index in [1.54, 1.807) is 12.4 Å². The van der Waals surface area contributed by atoms with Gasteiger partial charge in [0.1, 0.15) is 11.4 Å². The van der Waals surface area contributed by atoms with Crippen molar-refractivity contribution in [3.8, 4) is 11.3 Å². The van der Waals surface area contributed by atoms with Crippen molar-refractivity contribution in [2.45, 2.75) is 64.3 Å². The summed E-state index contributed by atoms with van der Waals surface area (Å²) < 4.78 is 11.4. The first-order valence-electron chi connectivity index (χ1n) is 12.8. The fourth-order valence-electron chi connectivity index (χ4n) is 5.99. The van der Waals surface area contributed by atoms with Crippen molar-refractivity contribution in [1.82, 2.24) is 24.8 Å². The maximum atomic E-state index is 12.9. The van der Waals surface area contributed by atoms with Crippen molar-refractivity contribution in [3.05, 3.63) is 18.0 Å². The van der Waals surface area contributed by atoms with Crippen LogP contribution in [0.2, 0.25) is 0 Å². The van der Waals surface area contributed by atoms with Gasteiger partial charge in [0.05, 0.1) is 37.0 Å². The van der Waals surface area contributed by atoms with Crippen LogP contribution in [0, 0.1) is 5.92 Å². The molecule has 11 nitrogen and oxygen atoms in total. The fraction of sp³-hybridized carbons (Fsp3) is 0.640. The summed E-state index contributed by atoms with van der Waals surface area (Å²) in [6, 6.07) is 0.545. The molecule has 0 unspecified atom stereocenters. The summed E-state index contributed by atoms with van der Waals surface area (Å²) in [5.41, 5.74) is 8.03. The Morgan fingerprint density at radius 1 is 1.17 bits per heavy atom. The lowest BCUT2D eigenvalue weighted by Gasteiger charge is -2.43. The van der Waals surface area contributed by atoms with E-state index in [1.807, 2.05) is 25.7 Å². The molecule has 1 saturated carbocycles. The van der Waals surface area contributed by atoms with Gasteiger partial charge in [-0.15, -0.1) is 0 Å². The van der Waals surface area contributed by atoms with Crippen molar-refractivity contribution in [3.63, 3.8) is 0 Å². The van der Waals surface area contributed by atoms with Crippen LogP contribution in [0.1, 0.15) is 39.7 Å². The highest BCUT2D eigenvalue weighted by Gasteiger charge is 2.58. The van der Waals surface area contributed by atoms with Gasteiger partial charge in [-0.1, -0.05) is 0 Å². The first-order valence-corrected chi connectivity index (χ1v) is 12.8. The van der Waals surface area contributed by atoms with Crippen LogP contribution in [0.5, 0.6) is 0 Å². The minimum absolute atomic E-state index is 0.139. The van der Waals surface area contributed by atoms with Gasteiger partial charge in [0, 0.05) is 49.1 Å². The lowest BCUT2D eigenvalue weighted by atomic mass is 9.79. The number of morpholine rings is 1. The van der Waals surface area contributed by atoms with E-state index in [2.05, 4.69) is 26.7 Å². The third-order valence-corrected chi connectivity index (χ3v) is 7.66. The van der Waals surface area contributed by atoms with E-state index < -0.39 is 5.60 Å². The second-order valence-electron chi connectivity index (χ2n) is 11.3. The molecule has 11 heteroatoms. The van der Waals surface area contributed by atoms with Gasteiger partial charge in [0.2, 0.25) is 11.9 Å². The second-order valence-corrected chi connectivity index (χ2v) is 11.3. The normalized spacial score (nSPS) is 27.2. The molecule has 6 heterocycles. The van der Waals surface area contributed by atoms with E-state index in [9.17, 15) is 4.79 Å². The van der Waals surface area contributed by atoms with Gasteiger partial charge in [-0.05, 0) is 40.5 Å². The molecule has 4 atom stereocenters. The van der Waals surface area contributed by atoms with E-state index in [4.69, 9.17) is 25.2 Å². The lowest BCUT2D eigenvalue weighted by Crippen LogP contribution is -2.55. The minimum atomic E-state index is -0.507. The number of ether oxygens (including phenoxy) is 2. The van der Waals surface area contributed by atoms with Crippen molar-refractivity contribution < 1.29 is 14.3 Å². The van der Waals surface area contributed by atoms with Gasteiger partial charge in [0.15, 0.2) is 0 Å². The predicted octanol–water partition coefficient (Wildman–Crippen LogP) is 2.11. The second kappa shape index (κ2) is 8.43. The average molecular weight is 495 g/mol. The molecule has 4 aliphatic heterocycles. The topological polar surface area (TPSA) is 123 Å². The fourth-order valence-corrected chi connectivity index (χ4v) is 5.99. The Labute approximate surface area is 211 Å². The molecule has 7 rings (SSSR count). The average Bonchev–Trinajstić information content (AvgIpc) is 3.53. The van der Waals surface area contributed by atoms with E-state index in [0.717, 1.165) is 55.1 Å². The van der Waals surface area contributed by atoms with Crippen LogP contribution in [0.3, 0.4) is 0 Å². The van der Waals surface area contributed by atoms with Gasteiger partial charge in [-0.25, -0.2) is 19.7 Å². The van der Waals surface area contributed by atoms with Gasteiger partial charge < -0.3 is 29.9 Å². The van der Waals surface area contributed by atoms with Crippen molar-refractivity contribution in [1.29, 1.82) is 0 Å². The Morgan fingerprint density at radius 2 is 1.94 bits per heavy atom. The first kappa shape index (κ1) is 23.2. The molecular weight excluding hydrogens is 460 g/mol. The number of hydrogen-bond donors (Lipinski definition) is 1. The number of rotatable bonds is 3. The van der Waals surface area contributed by atoms with Crippen molar-refractivity contribution >= 4 is 23.8 Å². The molecule has 5 aliphatic rings. The van der Waals surface area contributed by atoms with Crippen LogP contribution in [-0.2, 0) is 15.9 Å². The van der Waals surface area contributed by atoms with E-state index in [1.165, 1.54) is 0 Å². The van der Waals surface area contributed by atoms with Crippen LogP contribution >= 0.6 is 0 Å². The summed E-state index contributed by atoms with van der Waals surface area (Å²) >= 11 is 0. The molecule has 3 saturated heterocycles. The molecule has 1 amide bonds. The number of aromatic nitrogens is 4. The zero-order chi connectivity index (χ0) is 25.2. The summed E-state index contributed by atoms with van der Waals surface area (Å²) in [5, 5.41) is 0. The molecule has 36 heavy (non-hydrogen) atoms. The maximum Gasteiger partial charge on any atom is 0.410 e. The summed E-state index contributed by atoms with van der Waals surface area (Å²) in [6.45, 7) is 11.5. The number of hydrogen-bond acceptors (Lipinski definition) is 10. The van der Waals surface area contributed by atoms with Crippen LogP contribution in [0.4, 0.5) is 22.5 Å². The third-order valence-electron chi connectivity index (χ3n) is 7.66. The van der Waals surface area contributed by atoms with Gasteiger partial charge >= 0.3 is 6.09 Å². The maximum absolute atomic E-state index is 12.9. The van der Waals surface area contributed by atoms with Crippen molar-refractivity contribution in [2.24, 2.45) is 5.92 Å². The molecule has 0 radical (unpaired) electrons. The zero-order valence-electron chi connectivity index (χ0n) is 21.3. The standard InChI is InChI=1S/C25H34N8O3/c1-14-13-35-8-7-31(14)23-29-19(16-10-27-22(26)28-11-16)17-5-6-32(21(17)30-23)20-15-9-18(20)33(12-15)24(34)36-25(2,3)4/h10-11,14-15,18,20H,5-9,12-13H2,1-4H3,(H2,26,27,28)/t14-,15-,18-,20-/m0/s1. The van der Waals surface area contributed by atoms with E-state index in [0.29, 0.717) is 25.1 Å². The number of nitrogens with zero attached hydrogens (tertiary/aromatic N) is 7. The molecular formula is C25H34N8O3. The van der Waals surface area contributed by atoms with Crippen LogP contribution < -0.4 is 15.5 Å². The molecule has 2 bridgehead atoms. The highest BCUT2D eigenvalue weighted by atomic mass is 16.6. The predicted molar refractivity (Wildman–Crippen MR) is 135 cm³/mol. The molecule has 2 N–H and O–H groups in total. The molecule has 192 valence electrons. The molecule has 4 fully saturated rings. The molecule has 0 aromatic carbocycles. The zero-order valence-corrected chi connectivity index (χ0v) is 21.3. The monoisotopic (exact) mass is 494 g/mol. The molecule has 0 spiro atoms. The highest BCUT2D eigenvalue weighted by Crippen LogP contribution is 2.48. The van der Waals surface area contributed by atoms with Crippen LogP contribution in [0.25, 0.3) is 11.3 Å². The quantitative estimate of drug-likeness (QED) is 0.679. The molecule has 2 aromatic rings. The Morgan fingerprint density at radius 3 is 2.67 bits per heavy atom. The Hall–Kier alpha value is -3.21. The van der Waals surface area contributed by atoms with Gasteiger partial charge in [-0.2, -0.15) is 4.98 Å². The number of anilines is 3. The van der Waals surface area contributed by atoms with Crippen LogP contribution in [-0.4, -0.2) is 87.5 Å². The number of nitrogen functional groups attached to an aromatic ring is 1. The summed E-state index contributed by atoms with van der Waals surface area (Å²) in [6.07, 6.45) is 5.08. The summed E-state index contributed by atoms with van der Waals surface area (Å²) in [4.78, 5) is 38.0. The number of carbonyl (C=O) groups excluding carboxylic acids is 1. The van der Waals surface area contributed by atoms with E-state index >= 15 is 0 Å². The smallest absolute Gasteiger partial charge is 0.410 e. The van der Waals surface area contributed by atoms with Gasteiger partial charge in [0.25, 0.3) is 0 Å². The van der Waals surface area contributed by atoms with Crippen molar-refractivity contribution in [2.75, 3.05) is 48.4 Å². The Balaban J connectivity index is 1.35. The van der Waals surface area contributed by atoms with Gasteiger partial charge in [-0.3, -0.25) is 0 Å². The number of fused-ring (bicyclic) bond motifs is 2.